The third kappa shape index (κ3) is 2.74. The van der Waals surface area contributed by atoms with Crippen molar-refractivity contribution < 1.29 is 4.74 Å². The van der Waals surface area contributed by atoms with Gasteiger partial charge in [-0.25, -0.2) is 4.98 Å². The first-order valence-corrected chi connectivity index (χ1v) is 5.81. The Labute approximate surface area is 96.4 Å². The molecular formula is C11H20N4O. The van der Waals surface area contributed by atoms with E-state index < -0.39 is 0 Å². The number of aryl methyl sites for hydroxylation is 1. The zero-order valence-corrected chi connectivity index (χ0v) is 10.1. The second kappa shape index (κ2) is 5.32. The molecule has 5 nitrogen and oxygen atoms in total. The molecule has 0 atom stereocenters. The summed E-state index contributed by atoms with van der Waals surface area (Å²) in [6, 6.07) is 0. The third-order valence-corrected chi connectivity index (χ3v) is 2.88. The number of hydrogen-bond acceptors (Lipinski definition) is 4. The van der Waals surface area contributed by atoms with Gasteiger partial charge in [-0.3, -0.25) is 4.90 Å². The van der Waals surface area contributed by atoms with E-state index >= 15 is 0 Å². The Kier molecular flexibility index (Phi) is 3.79. The van der Waals surface area contributed by atoms with Crippen LogP contribution in [0.4, 0.5) is 5.95 Å². The molecule has 5 heteroatoms. The first kappa shape index (κ1) is 11.4. The average Bonchev–Trinajstić information content (AvgIpc) is 2.68. The molecule has 2 rings (SSSR count). The molecule has 0 amide bonds. The van der Waals surface area contributed by atoms with Crippen LogP contribution in [-0.4, -0.2) is 54.3 Å². The molecule has 0 aromatic carbocycles. The molecule has 1 saturated heterocycles. The summed E-state index contributed by atoms with van der Waals surface area (Å²) in [5.41, 5.74) is 1.06. The summed E-state index contributed by atoms with van der Waals surface area (Å²) in [4.78, 5) is 6.83. The monoisotopic (exact) mass is 224 g/mol. The van der Waals surface area contributed by atoms with E-state index in [1.54, 1.807) is 0 Å². The number of rotatable bonds is 4. The molecule has 0 spiro atoms. The van der Waals surface area contributed by atoms with Crippen LogP contribution in [0, 0.1) is 6.92 Å². The van der Waals surface area contributed by atoms with Crippen LogP contribution in [0.25, 0.3) is 0 Å². The van der Waals surface area contributed by atoms with Crippen LogP contribution in [0.15, 0.2) is 6.20 Å². The fourth-order valence-electron chi connectivity index (χ4n) is 1.99. The van der Waals surface area contributed by atoms with E-state index in [4.69, 9.17) is 4.74 Å². The highest BCUT2D eigenvalue weighted by molar-refractivity contribution is 5.27. The normalized spacial score (nSPS) is 17.6. The minimum atomic E-state index is 0.863. The zero-order valence-electron chi connectivity index (χ0n) is 10.1. The van der Waals surface area contributed by atoms with Gasteiger partial charge in [0.05, 0.1) is 18.9 Å². The van der Waals surface area contributed by atoms with Crippen molar-refractivity contribution in [3.63, 3.8) is 0 Å². The van der Waals surface area contributed by atoms with E-state index in [1.165, 1.54) is 0 Å². The number of hydrogen-bond donors (Lipinski definition) is 1. The second-order valence-corrected chi connectivity index (χ2v) is 4.10. The fourth-order valence-corrected chi connectivity index (χ4v) is 1.99. The summed E-state index contributed by atoms with van der Waals surface area (Å²) < 4.78 is 7.50. The van der Waals surface area contributed by atoms with Gasteiger partial charge < -0.3 is 14.6 Å². The molecule has 2 heterocycles. The maximum absolute atomic E-state index is 5.33. The van der Waals surface area contributed by atoms with Gasteiger partial charge in [0.15, 0.2) is 0 Å². The Morgan fingerprint density at radius 3 is 2.81 bits per heavy atom. The topological polar surface area (TPSA) is 42.3 Å². The lowest BCUT2D eigenvalue weighted by Gasteiger charge is -2.26. The summed E-state index contributed by atoms with van der Waals surface area (Å²) in [6.07, 6.45) is 2.09. The lowest BCUT2D eigenvalue weighted by Crippen LogP contribution is -2.38. The molecule has 1 aliphatic rings. The summed E-state index contributed by atoms with van der Waals surface area (Å²) in [6.45, 7) is 7.88. The maximum atomic E-state index is 5.33. The Morgan fingerprint density at radius 2 is 2.12 bits per heavy atom. The highest BCUT2D eigenvalue weighted by atomic mass is 16.5. The van der Waals surface area contributed by atoms with Gasteiger partial charge in [0, 0.05) is 39.4 Å². The third-order valence-electron chi connectivity index (χ3n) is 2.88. The van der Waals surface area contributed by atoms with Crippen molar-refractivity contribution in [1.29, 1.82) is 0 Å². The van der Waals surface area contributed by atoms with Crippen LogP contribution in [0.2, 0.25) is 0 Å². The number of anilines is 1. The molecule has 1 aromatic heterocycles. The lowest BCUT2D eigenvalue weighted by atomic mass is 10.4. The Hall–Kier alpha value is -1.07. The number of nitrogens with zero attached hydrogens (tertiary/aromatic N) is 3. The molecule has 0 aliphatic carbocycles. The summed E-state index contributed by atoms with van der Waals surface area (Å²) in [5.74, 6) is 0.950. The SMILES string of the molecule is CNc1nc(C)cn1CCN1CCOCC1. The fraction of sp³-hybridized carbons (Fsp3) is 0.727. The van der Waals surface area contributed by atoms with Crippen molar-refractivity contribution in [3.8, 4) is 0 Å². The molecule has 1 N–H and O–H groups in total. The largest absolute Gasteiger partial charge is 0.379 e. The first-order chi connectivity index (χ1) is 7.79. The molecular weight excluding hydrogens is 204 g/mol. The van der Waals surface area contributed by atoms with E-state index in [2.05, 4.69) is 26.0 Å². The van der Waals surface area contributed by atoms with Crippen LogP contribution in [0.3, 0.4) is 0 Å². The first-order valence-electron chi connectivity index (χ1n) is 5.81. The van der Waals surface area contributed by atoms with Gasteiger partial charge in [-0.2, -0.15) is 0 Å². The summed E-state index contributed by atoms with van der Waals surface area (Å²) in [5, 5.41) is 3.11. The second-order valence-electron chi connectivity index (χ2n) is 4.10. The molecule has 1 aliphatic heterocycles. The van der Waals surface area contributed by atoms with Crippen LogP contribution < -0.4 is 5.32 Å². The quantitative estimate of drug-likeness (QED) is 0.811. The van der Waals surface area contributed by atoms with Gasteiger partial charge in [-0.15, -0.1) is 0 Å². The van der Waals surface area contributed by atoms with Gasteiger partial charge >= 0.3 is 0 Å². The van der Waals surface area contributed by atoms with Crippen molar-refractivity contribution in [3.05, 3.63) is 11.9 Å². The lowest BCUT2D eigenvalue weighted by molar-refractivity contribution is 0.0364. The van der Waals surface area contributed by atoms with E-state index in [9.17, 15) is 0 Å². The molecule has 0 unspecified atom stereocenters. The van der Waals surface area contributed by atoms with E-state index in [1.807, 2.05) is 14.0 Å². The molecule has 16 heavy (non-hydrogen) atoms. The zero-order chi connectivity index (χ0) is 11.4. The van der Waals surface area contributed by atoms with Crippen LogP contribution >= 0.6 is 0 Å². The van der Waals surface area contributed by atoms with E-state index in [0.29, 0.717) is 0 Å². The van der Waals surface area contributed by atoms with Crippen molar-refractivity contribution >= 4 is 5.95 Å². The van der Waals surface area contributed by atoms with Crippen molar-refractivity contribution in [2.45, 2.75) is 13.5 Å². The van der Waals surface area contributed by atoms with Crippen LogP contribution in [0.1, 0.15) is 5.69 Å². The molecule has 0 saturated carbocycles. The van der Waals surface area contributed by atoms with E-state index in [0.717, 1.165) is 51.0 Å². The predicted octanol–water partition coefficient (Wildman–Crippen LogP) is 0.565. The summed E-state index contributed by atoms with van der Waals surface area (Å²) >= 11 is 0. The molecule has 1 fully saturated rings. The standard InChI is InChI=1S/C11H20N4O/c1-10-9-15(11(12-2)13-10)4-3-14-5-7-16-8-6-14/h9H,3-8H2,1-2H3,(H,12,13). The highest BCUT2D eigenvalue weighted by Crippen LogP contribution is 2.08. The van der Waals surface area contributed by atoms with Crippen LogP contribution in [-0.2, 0) is 11.3 Å². The number of nitrogens with one attached hydrogen (secondary N) is 1. The van der Waals surface area contributed by atoms with Gasteiger partial charge in [-0.1, -0.05) is 0 Å². The predicted molar refractivity (Wildman–Crippen MR) is 63.8 cm³/mol. The smallest absolute Gasteiger partial charge is 0.202 e. The van der Waals surface area contributed by atoms with Crippen LogP contribution in [0.5, 0.6) is 0 Å². The van der Waals surface area contributed by atoms with Gasteiger partial charge in [-0.05, 0) is 6.92 Å². The minimum absolute atomic E-state index is 0.863. The van der Waals surface area contributed by atoms with Crippen molar-refractivity contribution in [1.82, 2.24) is 14.5 Å². The van der Waals surface area contributed by atoms with Gasteiger partial charge in [0.2, 0.25) is 5.95 Å². The molecule has 0 radical (unpaired) electrons. The number of aromatic nitrogens is 2. The highest BCUT2D eigenvalue weighted by Gasteiger charge is 2.11. The average molecular weight is 224 g/mol. The minimum Gasteiger partial charge on any atom is -0.379 e. The summed E-state index contributed by atoms with van der Waals surface area (Å²) in [7, 11) is 1.91. The van der Waals surface area contributed by atoms with Crippen molar-refractivity contribution in [2.75, 3.05) is 45.2 Å². The molecule has 90 valence electrons. The van der Waals surface area contributed by atoms with Gasteiger partial charge in [0.25, 0.3) is 0 Å². The Bertz CT molecular complexity index is 331. The molecule has 0 bridgehead atoms. The van der Waals surface area contributed by atoms with Gasteiger partial charge in [0.1, 0.15) is 0 Å². The maximum Gasteiger partial charge on any atom is 0.202 e. The number of morpholine rings is 1. The Balaban J connectivity index is 1.87. The Morgan fingerprint density at radius 1 is 1.38 bits per heavy atom. The molecule has 1 aromatic rings. The number of ether oxygens (including phenoxy) is 1. The number of imidazole rings is 1. The van der Waals surface area contributed by atoms with E-state index in [-0.39, 0.29) is 0 Å². The van der Waals surface area contributed by atoms with Crippen molar-refractivity contribution in [2.24, 2.45) is 0 Å².